The van der Waals surface area contributed by atoms with Crippen LogP contribution in [-0.4, -0.2) is 27.1 Å². The lowest BCUT2D eigenvalue weighted by Gasteiger charge is -2.29. The molecule has 1 aliphatic heterocycles. The second-order valence-corrected chi connectivity index (χ2v) is 6.38. The standard InChI is InChI=1S/C20H21N3O2/c24-20(16-7-4-8-17(15-16)23-13-6-11-21-23)22-12-3-1-2-9-18(22)19-10-5-14-25-19/h4-8,10-11,13-15,18H,1-3,9,12H2/t18-/m0/s1. The zero-order valence-electron chi connectivity index (χ0n) is 14.0. The van der Waals surface area contributed by atoms with E-state index < -0.39 is 0 Å². The number of likely N-dealkylation sites (tertiary alicyclic amines) is 1. The van der Waals surface area contributed by atoms with Gasteiger partial charge in [0, 0.05) is 24.5 Å². The first kappa shape index (κ1) is 15.7. The molecule has 5 nitrogen and oxygen atoms in total. The Labute approximate surface area is 146 Å². The fourth-order valence-electron chi connectivity index (χ4n) is 3.50. The average molecular weight is 335 g/mol. The van der Waals surface area contributed by atoms with E-state index in [0.717, 1.165) is 43.7 Å². The van der Waals surface area contributed by atoms with Crippen molar-refractivity contribution in [3.63, 3.8) is 0 Å². The van der Waals surface area contributed by atoms with Crippen molar-refractivity contribution in [3.8, 4) is 5.69 Å². The van der Waals surface area contributed by atoms with Crippen LogP contribution in [0.1, 0.15) is 47.8 Å². The van der Waals surface area contributed by atoms with Crippen LogP contribution in [0.3, 0.4) is 0 Å². The van der Waals surface area contributed by atoms with Gasteiger partial charge in [0.2, 0.25) is 0 Å². The van der Waals surface area contributed by atoms with E-state index in [2.05, 4.69) is 5.10 Å². The van der Waals surface area contributed by atoms with Crippen molar-refractivity contribution in [2.45, 2.75) is 31.7 Å². The van der Waals surface area contributed by atoms with Gasteiger partial charge in [-0.25, -0.2) is 4.68 Å². The molecule has 1 aromatic carbocycles. The third-order valence-corrected chi connectivity index (χ3v) is 4.75. The van der Waals surface area contributed by atoms with E-state index in [-0.39, 0.29) is 11.9 Å². The summed E-state index contributed by atoms with van der Waals surface area (Å²) in [4.78, 5) is 15.2. The number of aromatic nitrogens is 2. The predicted octanol–water partition coefficient (Wildman–Crippen LogP) is 4.22. The molecule has 25 heavy (non-hydrogen) atoms. The fourth-order valence-corrected chi connectivity index (χ4v) is 3.50. The lowest BCUT2D eigenvalue weighted by Crippen LogP contribution is -2.34. The monoisotopic (exact) mass is 335 g/mol. The Hall–Kier alpha value is -2.82. The minimum absolute atomic E-state index is 0.0124. The van der Waals surface area contributed by atoms with Crippen molar-refractivity contribution >= 4 is 5.91 Å². The second-order valence-electron chi connectivity index (χ2n) is 6.38. The Morgan fingerprint density at radius 2 is 2.08 bits per heavy atom. The fraction of sp³-hybridized carbons (Fsp3) is 0.300. The van der Waals surface area contributed by atoms with Gasteiger partial charge in [0.25, 0.3) is 5.91 Å². The van der Waals surface area contributed by atoms with Crippen LogP contribution < -0.4 is 0 Å². The van der Waals surface area contributed by atoms with Gasteiger partial charge < -0.3 is 9.32 Å². The van der Waals surface area contributed by atoms with Gasteiger partial charge in [-0.1, -0.05) is 18.9 Å². The minimum atomic E-state index is 0.0124. The maximum Gasteiger partial charge on any atom is 0.254 e. The number of furan rings is 1. The first-order valence-corrected chi connectivity index (χ1v) is 8.77. The van der Waals surface area contributed by atoms with Crippen molar-refractivity contribution in [3.05, 3.63) is 72.4 Å². The molecule has 2 aromatic heterocycles. The Kier molecular flexibility index (Phi) is 4.37. The molecule has 4 rings (SSSR count). The summed E-state index contributed by atoms with van der Waals surface area (Å²) < 4.78 is 7.39. The summed E-state index contributed by atoms with van der Waals surface area (Å²) in [5, 5.41) is 4.25. The summed E-state index contributed by atoms with van der Waals surface area (Å²) in [6, 6.07) is 13.4. The highest BCUT2D eigenvalue weighted by Gasteiger charge is 2.29. The van der Waals surface area contributed by atoms with Crippen LogP contribution in [0.25, 0.3) is 5.69 Å². The summed E-state index contributed by atoms with van der Waals surface area (Å²) in [6.07, 6.45) is 9.52. The number of hydrogen-bond donors (Lipinski definition) is 0. The number of carbonyl (C=O) groups is 1. The van der Waals surface area contributed by atoms with E-state index in [1.807, 2.05) is 53.6 Å². The lowest BCUT2D eigenvalue weighted by atomic mass is 10.1. The van der Waals surface area contributed by atoms with E-state index in [4.69, 9.17) is 4.42 Å². The predicted molar refractivity (Wildman–Crippen MR) is 94.5 cm³/mol. The highest BCUT2D eigenvalue weighted by Crippen LogP contribution is 2.31. The molecule has 0 radical (unpaired) electrons. The third-order valence-electron chi connectivity index (χ3n) is 4.75. The smallest absolute Gasteiger partial charge is 0.254 e. The first-order valence-electron chi connectivity index (χ1n) is 8.77. The summed E-state index contributed by atoms with van der Waals surface area (Å²) in [6.45, 7) is 0.760. The lowest BCUT2D eigenvalue weighted by molar-refractivity contribution is 0.0658. The third kappa shape index (κ3) is 3.22. The molecule has 5 heteroatoms. The molecule has 0 N–H and O–H groups in total. The van der Waals surface area contributed by atoms with Gasteiger partial charge in [0.05, 0.1) is 18.0 Å². The van der Waals surface area contributed by atoms with E-state index in [1.54, 1.807) is 17.1 Å². The molecule has 1 fully saturated rings. The van der Waals surface area contributed by atoms with Crippen LogP contribution in [0.4, 0.5) is 0 Å². The van der Waals surface area contributed by atoms with Crippen LogP contribution in [0, 0.1) is 0 Å². The van der Waals surface area contributed by atoms with Gasteiger partial charge in [-0.3, -0.25) is 4.79 Å². The molecule has 0 aliphatic carbocycles. The normalized spacial score (nSPS) is 18.1. The minimum Gasteiger partial charge on any atom is -0.467 e. The number of nitrogens with zero attached hydrogens (tertiary/aromatic N) is 3. The van der Waals surface area contributed by atoms with E-state index in [1.165, 1.54) is 0 Å². The van der Waals surface area contributed by atoms with Crippen LogP contribution in [-0.2, 0) is 0 Å². The highest BCUT2D eigenvalue weighted by atomic mass is 16.3. The Morgan fingerprint density at radius 1 is 1.12 bits per heavy atom. The van der Waals surface area contributed by atoms with Crippen molar-refractivity contribution in [2.24, 2.45) is 0 Å². The molecule has 1 saturated heterocycles. The molecule has 0 unspecified atom stereocenters. The largest absolute Gasteiger partial charge is 0.467 e. The zero-order valence-corrected chi connectivity index (χ0v) is 14.0. The molecule has 3 aromatic rings. The summed E-state index contributed by atoms with van der Waals surface area (Å²) >= 11 is 0. The number of benzene rings is 1. The molecular weight excluding hydrogens is 314 g/mol. The maximum absolute atomic E-state index is 13.2. The molecule has 3 heterocycles. The summed E-state index contributed by atoms with van der Waals surface area (Å²) in [7, 11) is 0. The van der Waals surface area contributed by atoms with Crippen molar-refractivity contribution in [1.29, 1.82) is 0 Å². The van der Waals surface area contributed by atoms with E-state index >= 15 is 0 Å². The number of amides is 1. The summed E-state index contributed by atoms with van der Waals surface area (Å²) in [5.74, 6) is 0.927. The Bertz CT molecular complexity index is 825. The molecule has 0 bridgehead atoms. The van der Waals surface area contributed by atoms with Crippen molar-refractivity contribution in [1.82, 2.24) is 14.7 Å². The van der Waals surface area contributed by atoms with Gasteiger partial charge >= 0.3 is 0 Å². The number of rotatable bonds is 3. The summed E-state index contributed by atoms with van der Waals surface area (Å²) in [5.41, 5.74) is 1.58. The molecule has 1 atom stereocenters. The van der Waals surface area contributed by atoms with E-state index in [9.17, 15) is 4.79 Å². The second kappa shape index (κ2) is 6.97. The quantitative estimate of drug-likeness (QED) is 0.720. The van der Waals surface area contributed by atoms with Crippen LogP contribution in [0.2, 0.25) is 0 Å². The molecule has 1 aliphatic rings. The number of hydrogen-bond acceptors (Lipinski definition) is 3. The first-order chi connectivity index (χ1) is 12.3. The van der Waals surface area contributed by atoms with Gasteiger partial charge in [0.1, 0.15) is 5.76 Å². The average Bonchev–Trinajstić information content (AvgIpc) is 3.32. The highest BCUT2D eigenvalue weighted by molar-refractivity contribution is 5.95. The molecular formula is C20H21N3O2. The Morgan fingerprint density at radius 3 is 2.88 bits per heavy atom. The SMILES string of the molecule is O=C(c1cccc(-n2cccn2)c1)N1CCCCC[C@H]1c1ccco1. The Balaban J connectivity index is 1.65. The maximum atomic E-state index is 13.2. The van der Waals surface area contributed by atoms with Crippen LogP contribution in [0.5, 0.6) is 0 Å². The zero-order chi connectivity index (χ0) is 17.1. The molecule has 0 spiro atoms. The van der Waals surface area contributed by atoms with Gasteiger partial charge in [-0.2, -0.15) is 5.10 Å². The molecule has 1 amide bonds. The van der Waals surface area contributed by atoms with Gasteiger partial charge in [0.15, 0.2) is 0 Å². The van der Waals surface area contributed by atoms with E-state index in [0.29, 0.717) is 5.56 Å². The van der Waals surface area contributed by atoms with Crippen molar-refractivity contribution < 1.29 is 9.21 Å². The van der Waals surface area contributed by atoms with Gasteiger partial charge in [-0.15, -0.1) is 0 Å². The topological polar surface area (TPSA) is 51.3 Å². The number of carbonyl (C=O) groups excluding carboxylic acids is 1. The molecule has 128 valence electrons. The van der Waals surface area contributed by atoms with Crippen molar-refractivity contribution in [2.75, 3.05) is 6.54 Å². The van der Waals surface area contributed by atoms with Crippen LogP contribution >= 0.6 is 0 Å². The van der Waals surface area contributed by atoms with Gasteiger partial charge in [-0.05, 0) is 49.2 Å². The van der Waals surface area contributed by atoms with Crippen LogP contribution in [0.15, 0.2) is 65.5 Å². The molecule has 0 saturated carbocycles.